The van der Waals surface area contributed by atoms with Crippen LogP contribution in [0.4, 0.5) is 13.2 Å². The standard InChI is InChI=1S/C19H15F3N4O2S/c1-11-14-7-12(3-4-15(14)24-25(11)2)26-6-5-13(8-18(26)27)28-9-17-23-16(10-29-17)19(20,21)22/h3-8,10H,9H2,1-2H3. The van der Waals surface area contributed by atoms with Crippen LogP contribution in [0.3, 0.4) is 0 Å². The van der Waals surface area contributed by atoms with Crippen molar-refractivity contribution >= 4 is 22.2 Å². The largest absolute Gasteiger partial charge is 0.486 e. The van der Waals surface area contributed by atoms with E-state index in [0.29, 0.717) is 5.69 Å². The van der Waals surface area contributed by atoms with Crippen molar-refractivity contribution in [3.8, 4) is 11.4 Å². The fraction of sp³-hybridized carbons (Fsp3) is 0.211. The molecule has 0 bridgehead atoms. The molecule has 0 aliphatic carbocycles. The minimum absolute atomic E-state index is 0.148. The van der Waals surface area contributed by atoms with Gasteiger partial charge < -0.3 is 4.74 Å². The van der Waals surface area contributed by atoms with Crippen molar-refractivity contribution in [2.45, 2.75) is 19.7 Å². The lowest BCUT2D eigenvalue weighted by atomic mass is 10.2. The Labute approximate surface area is 166 Å². The van der Waals surface area contributed by atoms with Gasteiger partial charge in [-0.3, -0.25) is 14.0 Å². The van der Waals surface area contributed by atoms with E-state index in [0.717, 1.165) is 33.3 Å². The molecule has 4 rings (SSSR count). The Bertz CT molecular complexity index is 1260. The van der Waals surface area contributed by atoms with Crippen LogP contribution in [0.2, 0.25) is 0 Å². The number of nitrogens with zero attached hydrogens (tertiary/aromatic N) is 4. The minimum atomic E-state index is -4.48. The molecular formula is C19H15F3N4O2S. The highest BCUT2D eigenvalue weighted by Gasteiger charge is 2.33. The maximum absolute atomic E-state index is 12.6. The molecule has 4 aromatic rings. The number of rotatable bonds is 4. The summed E-state index contributed by atoms with van der Waals surface area (Å²) in [6, 6.07) is 8.40. The Morgan fingerprint density at radius 2 is 2.00 bits per heavy atom. The number of aryl methyl sites for hydroxylation is 2. The predicted molar refractivity (Wildman–Crippen MR) is 102 cm³/mol. The summed E-state index contributed by atoms with van der Waals surface area (Å²) < 4.78 is 46.5. The fourth-order valence-electron chi connectivity index (χ4n) is 2.88. The molecule has 0 N–H and O–H groups in total. The molecule has 0 amide bonds. The van der Waals surface area contributed by atoms with Gasteiger partial charge in [0.05, 0.1) is 5.52 Å². The Balaban J connectivity index is 1.54. The van der Waals surface area contributed by atoms with Gasteiger partial charge >= 0.3 is 6.18 Å². The van der Waals surface area contributed by atoms with Gasteiger partial charge in [0, 0.05) is 41.5 Å². The predicted octanol–water partition coefficient (Wildman–Crippen LogP) is 4.09. The number of ether oxygens (including phenoxy) is 1. The molecule has 0 aliphatic rings. The van der Waals surface area contributed by atoms with E-state index in [2.05, 4.69) is 10.1 Å². The molecule has 6 nitrogen and oxygen atoms in total. The van der Waals surface area contributed by atoms with E-state index in [9.17, 15) is 18.0 Å². The van der Waals surface area contributed by atoms with E-state index in [1.165, 1.54) is 10.6 Å². The van der Waals surface area contributed by atoms with Crippen LogP contribution in [0.15, 0.2) is 46.7 Å². The van der Waals surface area contributed by atoms with E-state index < -0.39 is 11.9 Å². The molecule has 29 heavy (non-hydrogen) atoms. The molecule has 0 radical (unpaired) electrons. The van der Waals surface area contributed by atoms with Crippen LogP contribution in [0.25, 0.3) is 16.6 Å². The Morgan fingerprint density at radius 1 is 1.21 bits per heavy atom. The number of hydrogen-bond acceptors (Lipinski definition) is 5. The van der Waals surface area contributed by atoms with Gasteiger partial charge in [-0.05, 0) is 31.2 Å². The van der Waals surface area contributed by atoms with E-state index in [1.54, 1.807) is 23.0 Å². The molecule has 0 saturated heterocycles. The first kappa shape index (κ1) is 19.2. The number of alkyl halides is 3. The summed E-state index contributed by atoms with van der Waals surface area (Å²) in [4.78, 5) is 16.0. The van der Waals surface area contributed by atoms with Crippen LogP contribution in [-0.2, 0) is 19.8 Å². The van der Waals surface area contributed by atoms with Crippen molar-refractivity contribution in [1.29, 1.82) is 0 Å². The van der Waals surface area contributed by atoms with Gasteiger partial charge in [-0.2, -0.15) is 18.3 Å². The summed E-state index contributed by atoms with van der Waals surface area (Å²) in [7, 11) is 1.85. The zero-order valence-corrected chi connectivity index (χ0v) is 16.2. The van der Waals surface area contributed by atoms with Crippen LogP contribution in [-0.4, -0.2) is 19.3 Å². The zero-order valence-electron chi connectivity index (χ0n) is 15.4. The minimum Gasteiger partial charge on any atom is -0.486 e. The van der Waals surface area contributed by atoms with Crippen molar-refractivity contribution < 1.29 is 17.9 Å². The highest BCUT2D eigenvalue weighted by atomic mass is 32.1. The highest BCUT2D eigenvalue weighted by Crippen LogP contribution is 2.30. The van der Waals surface area contributed by atoms with Crippen LogP contribution in [0.5, 0.6) is 5.75 Å². The molecular weight excluding hydrogens is 405 g/mol. The molecule has 0 atom stereocenters. The molecule has 0 aliphatic heterocycles. The summed E-state index contributed by atoms with van der Waals surface area (Å²) in [5.74, 6) is 0.258. The van der Waals surface area contributed by atoms with Crippen LogP contribution < -0.4 is 10.3 Å². The van der Waals surface area contributed by atoms with E-state index in [4.69, 9.17) is 4.74 Å². The lowest BCUT2D eigenvalue weighted by Gasteiger charge is -2.08. The number of aromatic nitrogens is 4. The van der Waals surface area contributed by atoms with Gasteiger partial charge in [0.15, 0.2) is 5.69 Å². The Hall–Kier alpha value is -3.14. The van der Waals surface area contributed by atoms with Crippen molar-refractivity contribution in [3.63, 3.8) is 0 Å². The first-order valence-electron chi connectivity index (χ1n) is 8.53. The third-order valence-corrected chi connectivity index (χ3v) is 5.31. The van der Waals surface area contributed by atoms with Gasteiger partial charge in [-0.25, -0.2) is 4.98 Å². The topological polar surface area (TPSA) is 61.9 Å². The van der Waals surface area contributed by atoms with Gasteiger partial charge in [0.1, 0.15) is 17.4 Å². The normalized spacial score (nSPS) is 11.9. The molecule has 3 heterocycles. The molecule has 10 heteroatoms. The number of fused-ring (bicyclic) bond motifs is 1. The third-order valence-electron chi connectivity index (χ3n) is 4.49. The van der Waals surface area contributed by atoms with Crippen LogP contribution in [0, 0.1) is 6.92 Å². The van der Waals surface area contributed by atoms with Gasteiger partial charge in [0.2, 0.25) is 0 Å². The van der Waals surface area contributed by atoms with Gasteiger partial charge in [0.25, 0.3) is 5.56 Å². The lowest BCUT2D eigenvalue weighted by molar-refractivity contribution is -0.140. The number of pyridine rings is 1. The summed E-state index contributed by atoms with van der Waals surface area (Å²) in [5, 5.41) is 6.45. The highest BCUT2D eigenvalue weighted by molar-refractivity contribution is 7.09. The van der Waals surface area contributed by atoms with Crippen molar-refractivity contribution in [2.75, 3.05) is 0 Å². The Morgan fingerprint density at radius 3 is 2.69 bits per heavy atom. The van der Waals surface area contributed by atoms with E-state index >= 15 is 0 Å². The summed E-state index contributed by atoms with van der Waals surface area (Å²) >= 11 is 0.857. The molecule has 0 fully saturated rings. The lowest BCUT2D eigenvalue weighted by Crippen LogP contribution is -2.16. The molecule has 1 aromatic carbocycles. The second-order valence-corrected chi connectivity index (χ2v) is 7.34. The number of hydrogen-bond donors (Lipinski definition) is 0. The average molecular weight is 420 g/mol. The van der Waals surface area contributed by atoms with Crippen molar-refractivity contribution in [3.05, 3.63) is 68.7 Å². The maximum Gasteiger partial charge on any atom is 0.434 e. The van der Waals surface area contributed by atoms with Crippen LogP contribution >= 0.6 is 11.3 Å². The van der Waals surface area contributed by atoms with Gasteiger partial charge in [-0.1, -0.05) is 0 Å². The van der Waals surface area contributed by atoms with E-state index in [1.807, 2.05) is 26.1 Å². The third kappa shape index (κ3) is 3.75. The molecule has 0 spiro atoms. The van der Waals surface area contributed by atoms with E-state index in [-0.39, 0.29) is 22.9 Å². The number of halogens is 3. The molecule has 150 valence electrons. The zero-order chi connectivity index (χ0) is 20.8. The molecule has 0 saturated carbocycles. The maximum atomic E-state index is 12.6. The van der Waals surface area contributed by atoms with Gasteiger partial charge in [-0.15, -0.1) is 11.3 Å². The van der Waals surface area contributed by atoms with Crippen molar-refractivity contribution in [2.24, 2.45) is 7.05 Å². The molecule has 0 unspecified atom stereocenters. The Kier molecular flexibility index (Phi) is 4.65. The smallest absolute Gasteiger partial charge is 0.434 e. The molecule has 3 aromatic heterocycles. The van der Waals surface area contributed by atoms with Crippen molar-refractivity contribution in [1.82, 2.24) is 19.3 Å². The SMILES string of the molecule is Cc1c2cc(-n3ccc(OCc4nc(C(F)(F)F)cs4)cc3=O)ccc2nn1C. The summed E-state index contributed by atoms with van der Waals surface area (Å²) in [5.41, 5.74) is 1.23. The summed E-state index contributed by atoms with van der Waals surface area (Å²) in [6.07, 6.45) is -2.92. The second-order valence-electron chi connectivity index (χ2n) is 6.39. The van der Waals surface area contributed by atoms with Crippen LogP contribution in [0.1, 0.15) is 16.4 Å². The quantitative estimate of drug-likeness (QED) is 0.499. The summed E-state index contributed by atoms with van der Waals surface area (Å²) in [6.45, 7) is 1.80. The number of benzene rings is 1. The number of thiazole rings is 1. The first-order valence-corrected chi connectivity index (χ1v) is 9.41. The fourth-order valence-corrected chi connectivity index (χ4v) is 3.59. The monoisotopic (exact) mass is 420 g/mol. The average Bonchev–Trinajstić information content (AvgIpc) is 3.25. The second kappa shape index (κ2) is 7.03. The first-order chi connectivity index (χ1) is 13.7.